The molecule has 2 aliphatic rings. The first-order valence-electron chi connectivity index (χ1n) is 11.2. The van der Waals surface area contributed by atoms with Crippen LogP contribution < -0.4 is 0 Å². The molecule has 0 bridgehead atoms. The molecule has 2 aliphatic carbocycles. The lowest BCUT2D eigenvalue weighted by atomic mass is 9.58. The first kappa shape index (κ1) is 24.1. The quantitative estimate of drug-likeness (QED) is 0.170. The van der Waals surface area contributed by atoms with E-state index in [1.54, 1.807) is 6.08 Å². The summed E-state index contributed by atoms with van der Waals surface area (Å²) in [5.41, 5.74) is 0. The molecule has 0 aromatic heterocycles. The molecule has 164 valence electrons. The Balaban J connectivity index is 2.25. The molecule has 2 rings (SSSR count). The van der Waals surface area contributed by atoms with Crippen molar-refractivity contribution in [2.45, 2.75) is 72.2 Å². The van der Waals surface area contributed by atoms with E-state index in [2.05, 4.69) is 77.6 Å². The van der Waals surface area contributed by atoms with E-state index >= 15 is 0 Å². The number of hydrogen-bond donors (Lipinski definition) is 0. The third kappa shape index (κ3) is 5.52. The maximum Gasteiger partial charge on any atom is 0.330 e. The molecule has 4 heteroatoms. The number of esters is 1. The van der Waals surface area contributed by atoms with E-state index in [1.165, 1.54) is 19.6 Å². The van der Waals surface area contributed by atoms with E-state index in [0.29, 0.717) is 41.6 Å². The van der Waals surface area contributed by atoms with Crippen molar-refractivity contribution in [3.63, 3.8) is 0 Å². The fraction of sp³-hybridized carbons (Fsp3) is 0.720. The molecule has 0 aromatic rings. The monoisotopic (exact) mass is 418 g/mol. The number of carbonyl (C=O) groups excluding carboxylic acids is 1. The minimum atomic E-state index is -1.82. The average Bonchev–Trinajstić information content (AvgIpc) is 2.62. The van der Waals surface area contributed by atoms with Gasteiger partial charge in [0.15, 0.2) is 8.32 Å². The van der Waals surface area contributed by atoms with Gasteiger partial charge in [-0.2, -0.15) is 0 Å². The lowest BCUT2D eigenvalue weighted by Crippen LogP contribution is -2.53. The third-order valence-corrected chi connectivity index (χ3v) is 12.1. The van der Waals surface area contributed by atoms with Gasteiger partial charge in [0.2, 0.25) is 0 Å². The Labute approximate surface area is 179 Å². The third-order valence-electron chi connectivity index (χ3n) is 7.65. The molecule has 0 saturated heterocycles. The highest BCUT2D eigenvalue weighted by Crippen LogP contribution is 2.50. The molecule has 0 spiro atoms. The summed E-state index contributed by atoms with van der Waals surface area (Å²) in [6.45, 7) is 18.8. The molecule has 1 fully saturated rings. The molecule has 0 N–H and O–H groups in total. The molecule has 7 atom stereocenters. The van der Waals surface area contributed by atoms with Gasteiger partial charge in [0.1, 0.15) is 0 Å². The van der Waals surface area contributed by atoms with Crippen LogP contribution in [-0.2, 0) is 14.0 Å². The molecule has 0 unspecified atom stereocenters. The Bertz CT molecular complexity index is 655. The van der Waals surface area contributed by atoms with Crippen LogP contribution in [0.5, 0.6) is 0 Å². The summed E-state index contributed by atoms with van der Waals surface area (Å²) >= 11 is 0. The van der Waals surface area contributed by atoms with Crippen molar-refractivity contribution in [2.24, 2.45) is 35.5 Å². The number of rotatable bonds is 5. The summed E-state index contributed by atoms with van der Waals surface area (Å²) in [5.74, 6) is 2.89. The van der Waals surface area contributed by atoms with Crippen LogP contribution in [0, 0.1) is 35.5 Å². The number of allylic oxidation sites excluding steroid dienone is 5. The molecular weight excluding hydrogens is 376 g/mol. The molecule has 0 aliphatic heterocycles. The van der Waals surface area contributed by atoms with Gasteiger partial charge in [-0.3, -0.25) is 0 Å². The first-order chi connectivity index (χ1) is 13.4. The van der Waals surface area contributed by atoms with Crippen LogP contribution in [-0.4, -0.2) is 27.5 Å². The van der Waals surface area contributed by atoms with Crippen LogP contribution in [0.1, 0.15) is 48.0 Å². The highest BCUT2D eigenvalue weighted by Gasteiger charge is 2.49. The average molecular weight is 419 g/mol. The maximum atomic E-state index is 11.3. The van der Waals surface area contributed by atoms with Crippen LogP contribution in [0.4, 0.5) is 0 Å². The van der Waals surface area contributed by atoms with E-state index in [9.17, 15) is 4.79 Å². The Morgan fingerprint density at radius 2 is 1.76 bits per heavy atom. The van der Waals surface area contributed by atoms with Gasteiger partial charge in [-0.25, -0.2) is 4.79 Å². The minimum absolute atomic E-state index is 0.223. The highest BCUT2D eigenvalue weighted by atomic mass is 28.4. The van der Waals surface area contributed by atoms with Gasteiger partial charge < -0.3 is 9.16 Å². The Hall–Kier alpha value is -1.13. The minimum Gasteiger partial charge on any atom is -0.466 e. The van der Waals surface area contributed by atoms with Crippen LogP contribution in [0.15, 0.2) is 36.5 Å². The molecule has 29 heavy (non-hydrogen) atoms. The molecule has 3 nitrogen and oxygen atoms in total. The topological polar surface area (TPSA) is 35.5 Å². The second-order valence-electron chi connectivity index (χ2n) is 10.7. The zero-order valence-corrected chi connectivity index (χ0v) is 20.9. The van der Waals surface area contributed by atoms with Gasteiger partial charge in [0.05, 0.1) is 13.2 Å². The molecule has 1 saturated carbocycles. The van der Waals surface area contributed by atoms with Crippen molar-refractivity contribution in [1.29, 1.82) is 0 Å². The number of carbonyl (C=O) groups is 1. The lowest BCUT2D eigenvalue weighted by molar-refractivity contribution is -0.134. The zero-order valence-electron chi connectivity index (χ0n) is 19.9. The van der Waals surface area contributed by atoms with Crippen molar-refractivity contribution >= 4 is 14.3 Å². The Morgan fingerprint density at radius 1 is 1.10 bits per heavy atom. The van der Waals surface area contributed by atoms with Crippen molar-refractivity contribution in [3.05, 3.63) is 36.5 Å². The summed E-state index contributed by atoms with van der Waals surface area (Å²) in [7, 11) is -0.413. The second-order valence-corrected chi connectivity index (χ2v) is 15.5. The molecular formula is C25H42O3Si. The van der Waals surface area contributed by atoms with E-state index in [4.69, 9.17) is 4.43 Å². The van der Waals surface area contributed by atoms with Crippen LogP contribution in [0.3, 0.4) is 0 Å². The van der Waals surface area contributed by atoms with Crippen LogP contribution in [0.2, 0.25) is 18.1 Å². The summed E-state index contributed by atoms with van der Waals surface area (Å²) in [4.78, 5) is 11.3. The number of ether oxygens (including phenoxy) is 1. The molecule has 0 aromatic carbocycles. The van der Waals surface area contributed by atoms with Gasteiger partial charge >= 0.3 is 5.97 Å². The van der Waals surface area contributed by atoms with Gasteiger partial charge in [0, 0.05) is 6.08 Å². The van der Waals surface area contributed by atoms with Crippen molar-refractivity contribution in [1.82, 2.24) is 0 Å². The van der Waals surface area contributed by atoms with Crippen molar-refractivity contribution < 1.29 is 14.0 Å². The smallest absolute Gasteiger partial charge is 0.330 e. The van der Waals surface area contributed by atoms with Crippen molar-refractivity contribution in [2.75, 3.05) is 7.11 Å². The van der Waals surface area contributed by atoms with E-state index in [0.717, 1.165) is 0 Å². The Kier molecular flexibility index (Phi) is 7.78. The van der Waals surface area contributed by atoms with E-state index in [1.807, 2.05) is 6.08 Å². The summed E-state index contributed by atoms with van der Waals surface area (Å²) in [6.07, 6.45) is 13.9. The first-order valence-corrected chi connectivity index (χ1v) is 14.1. The van der Waals surface area contributed by atoms with Gasteiger partial charge in [-0.15, -0.1) is 0 Å². The van der Waals surface area contributed by atoms with Crippen molar-refractivity contribution in [3.8, 4) is 0 Å². The number of hydrogen-bond acceptors (Lipinski definition) is 3. The fourth-order valence-electron chi connectivity index (χ4n) is 4.93. The van der Waals surface area contributed by atoms with Gasteiger partial charge in [-0.05, 0) is 60.1 Å². The summed E-state index contributed by atoms with van der Waals surface area (Å²) < 4.78 is 11.7. The number of methoxy groups -OCH3 is 1. The van der Waals surface area contributed by atoms with Gasteiger partial charge in [0.25, 0.3) is 0 Å². The predicted molar refractivity (Wildman–Crippen MR) is 124 cm³/mol. The van der Waals surface area contributed by atoms with E-state index in [-0.39, 0.29) is 11.0 Å². The van der Waals surface area contributed by atoms with Crippen LogP contribution in [0.25, 0.3) is 0 Å². The zero-order chi connectivity index (χ0) is 22.0. The Morgan fingerprint density at radius 3 is 2.34 bits per heavy atom. The molecule has 0 amide bonds. The number of fused-ring (bicyclic) bond motifs is 1. The van der Waals surface area contributed by atoms with Crippen LogP contribution >= 0.6 is 0 Å². The molecule has 0 heterocycles. The van der Waals surface area contributed by atoms with E-state index < -0.39 is 8.32 Å². The summed E-state index contributed by atoms with van der Waals surface area (Å²) in [5, 5.41) is 0.223. The SMILES string of the molecule is COC(=O)/C=C/C=C/[C@@H]1[C@H]2[C@H](C)[C@@H](O[Si](C)(C)C(C)(C)C)[C@H](C)C[C@@H]2C=C[C@@H]1C. The standard InChI is InChI=1S/C25H42O3Si/c1-17-14-15-20-16-18(2)24(28-29(8,9)25(4,5)6)19(3)23(20)21(17)12-10-11-13-22(26)27-7/h10-15,17-21,23-24H,16H2,1-9H3/b12-10+,13-11+/t17-,18+,19-,20-,21-,23-,24-/m0/s1. The predicted octanol–water partition coefficient (Wildman–Crippen LogP) is 6.39. The second kappa shape index (κ2) is 9.34. The summed E-state index contributed by atoms with van der Waals surface area (Å²) in [6, 6.07) is 0. The maximum absolute atomic E-state index is 11.3. The normalized spacial score (nSPS) is 35.8. The highest BCUT2D eigenvalue weighted by molar-refractivity contribution is 6.74. The molecule has 0 radical (unpaired) electrons. The fourth-order valence-corrected chi connectivity index (χ4v) is 6.41. The lowest BCUT2D eigenvalue weighted by Gasteiger charge is -2.52. The largest absolute Gasteiger partial charge is 0.466 e. The van der Waals surface area contributed by atoms with Gasteiger partial charge in [-0.1, -0.05) is 71.9 Å².